The first-order valence-electron chi connectivity index (χ1n) is 17.7. The zero-order chi connectivity index (χ0) is 36.8. The maximum absolute atomic E-state index is 13.2. The second-order valence-electron chi connectivity index (χ2n) is 13.8. The van der Waals surface area contributed by atoms with E-state index in [1.54, 1.807) is 9.80 Å². The molecule has 0 bridgehead atoms. The van der Waals surface area contributed by atoms with Crippen molar-refractivity contribution in [2.75, 3.05) is 61.7 Å². The average Bonchev–Trinajstić information content (AvgIpc) is 3.86. The lowest BCUT2D eigenvalue weighted by atomic mass is 10.1. The van der Waals surface area contributed by atoms with Crippen LogP contribution in [0.2, 0.25) is 0 Å². The molecule has 0 saturated carbocycles. The van der Waals surface area contributed by atoms with Crippen LogP contribution in [-0.2, 0) is 9.59 Å². The van der Waals surface area contributed by atoms with E-state index in [2.05, 4.69) is 10.6 Å². The number of hydrogen-bond donors (Lipinski definition) is 2. The fraction of sp³-hybridized carbons (Fsp3) is 0.286. The predicted octanol–water partition coefficient (Wildman–Crippen LogP) is 6.48. The lowest BCUT2D eigenvalue weighted by molar-refractivity contribution is -0.120. The van der Waals surface area contributed by atoms with Crippen molar-refractivity contribution >= 4 is 58.5 Å². The van der Waals surface area contributed by atoms with Gasteiger partial charge in [-0.25, -0.2) is 0 Å². The second-order valence-corrected chi connectivity index (χ2v) is 13.8. The molecule has 2 heterocycles. The van der Waals surface area contributed by atoms with Gasteiger partial charge in [-0.1, -0.05) is 36.4 Å². The average molecular weight is 699 g/mol. The van der Waals surface area contributed by atoms with Crippen LogP contribution < -0.4 is 20.4 Å². The molecule has 4 aromatic rings. The summed E-state index contributed by atoms with van der Waals surface area (Å²) in [4.78, 5) is 60.2. The lowest BCUT2D eigenvalue weighted by Gasteiger charge is -2.24. The number of benzene rings is 4. The van der Waals surface area contributed by atoms with Gasteiger partial charge in [-0.3, -0.25) is 19.2 Å². The minimum atomic E-state index is -0.515. The molecule has 10 heteroatoms. The molecule has 4 aromatic carbocycles. The summed E-state index contributed by atoms with van der Waals surface area (Å²) in [5.74, 6) is -0.635. The number of hydrogen-bond acceptors (Lipinski definition) is 6. The van der Waals surface area contributed by atoms with Crippen molar-refractivity contribution in [1.29, 1.82) is 0 Å². The molecule has 2 aliphatic heterocycles. The van der Waals surface area contributed by atoms with Gasteiger partial charge in [0.05, 0.1) is 0 Å². The molecular formula is C42H46N6O4. The number of carbonyl (C=O) groups excluding carboxylic acids is 4. The number of carbonyl (C=O) groups is 4. The Morgan fingerprint density at radius 1 is 0.538 bits per heavy atom. The first-order valence-corrected chi connectivity index (χ1v) is 17.7. The minimum absolute atomic E-state index is 0.131. The van der Waals surface area contributed by atoms with Crippen LogP contribution >= 0.6 is 0 Å². The van der Waals surface area contributed by atoms with Gasteiger partial charge in [0.2, 0.25) is 11.8 Å². The standard InChI is InChI=1S/C42H46N6O4/c1-45(2)35-23-15-31(16-24-35)41(51)47-27-5-7-37(47)39(49)43-33-19-11-29(12-20-33)9-10-30-13-21-34(22-14-30)44-40(50)38-8-6-28-48(38)42(52)32-17-25-36(26-18-32)46(3)4/h9-26,37-38H,5-8,27-28H2,1-4H3,(H,43,49)(H,44,50)/b10-9+. The number of likely N-dealkylation sites (tertiary alicyclic amines) is 2. The monoisotopic (exact) mass is 698 g/mol. The number of rotatable bonds is 10. The van der Waals surface area contributed by atoms with Gasteiger partial charge in [-0.2, -0.15) is 0 Å². The van der Waals surface area contributed by atoms with E-state index in [0.29, 0.717) is 48.4 Å². The molecule has 10 nitrogen and oxygen atoms in total. The van der Waals surface area contributed by atoms with Gasteiger partial charge in [0.1, 0.15) is 12.1 Å². The molecule has 0 aromatic heterocycles. The van der Waals surface area contributed by atoms with Crippen LogP contribution in [0.1, 0.15) is 57.5 Å². The summed E-state index contributed by atoms with van der Waals surface area (Å²) in [6, 6.07) is 29.0. The summed E-state index contributed by atoms with van der Waals surface area (Å²) in [6.07, 6.45) is 6.77. The van der Waals surface area contributed by atoms with Crippen LogP contribution in [0.5, 0.6) is 0 Å². The highest BCUT2D eigenvalue weighted by Gasteiger charge is 2.35. The van der Waals surface area contributed by atoms with Crippen molar-refractivity contribution in [3.63, 3.8) is 0 Å². The molecular weight excluding hydrogens is 652 g/mol. The summed E-state index contributed by atoms with van der Waals surface area (Å²) in [5, 5.41) is 5.98. The maximum Gasteiger partial charge on any atom is 0.254 e. The molecule has 2 aliphatic rings. The molecule has 6 rings (SSSR count). The van der Waals surface area contributed by atoms with Crippen molar-refractivity contribution in [2.45, 2.75) is 37.8 Å². The highest BCUT2D eigenvalue weighted by molar-refractivity contribution is 6.03. The Bertz CT molecular complexity index is 1780. The highest BCUT2D eigenvalue weighted by Crippen LogP contribution is 2.25. The van der Waals surface area contributed by atoms with E-state index in [4.69, 9.17) is 0 Å². The normalized spacial score (nSPS) is 16.9. The zero-order valence-corrected chi connectivity index (χ0v) is 30.2. The Balaban J connectivity index is 1.00. The topological polar surface area (TPSA) is 105 Å². The molecule has 4 amide bonds. The zero-order valence-electron chi connectivity index (χ0n) is 30.2. The van der Waals surface area contributed by atoms with E-state index in [1.807, 2.05) is 147 Å². The molecule has 2 N–H and O–H groups in total. The third-order valence-corrected chi connectivity index (χ3v) is 9.72. The Kier molecular flexibility index (Phi) is 11.0. The van der Waals surface area contributed by atoms with Crippen LogP contribution in [0.15, 0.2) is 97.1 Å². The van der Waals surface area contributed by atoms with E-state index >= 15 is 0 Å². The largest absolute Gasteiger partial charge is 0.378 e. The Hall–Kier alpha value is -5.90. The molecule has 0 aliphatic carbocycles. The van der Waals surface area contributed by atoms with Gasteiger partial charge in [0.25, 0.3) is 11.8 Å². The van der Waals surface area contributed by atoms with Crippen molar-refractivity contribution in [3.05, 3.63) is 119 Å². The van der Waals surface area contributed by atoms with Gasteiger partial charge in [-0.05, 0) is 110 Å². The van der Waals surface area contributed by atoms with Crippen molar-refractivity contribution in [3.8, 4) is 0 Å². The van der Waals surface area contributed by atoms with Crippen LogP contribution in [0, 0.1) is 0 Å². The lowest BCUT2D eigenvalue weighted by Crippen LogP contribution is -2.43. The second kappa shape index (κ2) is 16.0. The molecule has 2 saturated heterocycles. The van der Waals surface area contributed by atoms with Gasteiger partial charge < -0.3 is 30.2 Å². The molecule has 2 unspecified atom stereocenters. The van der Waals surface area contributed by atoms with E-state index in [-0.39, 0.29) is 23.6 Å². The van der Waals surface area contributed by atoms with Gasteiger partial charge in [0.15, 0.2) is 0 Å². The summed E-state index contributed by atoms with van der Waals surface area (Å²) >= 11 is 0. The number of amides is 4. The molecule has 2 fully saturated rings. The fourth-order valence-electron chi connectivity index (χ4n) is 6.70. The molecule has 268 valence electrons. The smallest absolute Gasteiger partial charge is 0.254 e. The van der Waals surface area contributed by atoms with E-state index in [1.165, 1.54) is 0 Å². The number of nitrogens with one attached hydrogen (secondary N) is 2. The quantitative estimate of drug-likeness (QED) is 0.184. The molecule has 0 spiro atoms. The summed E-state index contributed by atoms with van der Waals surface area (Å²) in [6.45, 7) is 1.10. The van der Waals surface area contributed by atoms with Crippen LogP contribution in [-0.4, -0.2) is 86.8 Å². The Labute approximate surface area is 305 Å². The first-order chi connectivity index (χ1) is 25.1. The van der Waals surface area contributed by atoms with E-state index in [0.717, 1.165) is 35.3 Å². The Morgan fingerprint density at radius 2 is 0.885 bits per heavy atom. The van der Waals surface area contributed by atoms with Gasteiger partial charge >= 0.3 is 0 Å². The first kappa shape index (κ1) is 35.9. The van der Waals surface area contributed by atoms with Crippen LogP contribution in [0.4, 0.5) is 22.7 Å². The van der Waals surface area contributed by atoms with Gasteiger partial charge in [0, 0.05) is 75.2 Å². The van der Waals surface area contributed by atoms with Gasteiger partial charge in [-0.15, -0.1) is 0 Å². The molecule has 52 heavy (non-hydrogen) atoms. The summed E-state index contributed by atoms with van der Waals surface area (Å²) in [7, 11) is 7.81. The highest BCUT2D eigenvalue weighted by atomic mass is 16.2. The van der Waals surface area contributed by atoms with Crippen LogP contribution in [0.25, 0.3) is 12.2 Å². The number of anilines is 4. The third kappa shape index (κ3) is 8.34. The fourth-order valence-corrected chi connectivity index (χ4v) is 6.70. The Morgan fingerprint density at radius 3 is 1.21 bits per heavy atom. The van der Waals surface area contributed by atoms with Crippen molar-refractivity contribution in [2.24, 2.45) is 0 Å². The predicted molar refractivity (Wildman–Crippen MR) is 209 cm³/mol. The summed E-state index contributed by atoms with van der Waals surface area (Å²) < 4.78 is 0. The third-order valence-electron chi connectivity index (χ3n) is 9.72. The SMILES string of the molecule is CN(C)c1ccc(C(=O)N2CCCC2C(=O)Nc2ccc(/C=C/c3ccc(NC(=O)C4CCCN4C(=O)c4ccc(N(C)C)cc4)cc3)cc2)cc1. The molecule has 0 radical (unpaired) electrons. The van der Waals surface area contributed by atoms with Crippen molar-refractivity contribution < 1.29 is 19.2 Å². The minimum Gasteiger partial charge on any atom is -0.378 e. The number of nitrogens with zero attached hydrogens (tertiary/aromatic N) is 4. The summed E-state index contributed by atoms with van der Waals surface area (Å²) in [5.41, 5.74) is 6.42. The maximum atomic E-state index is 13.2. The van der Waals surface area contributed by atoms with E-state index in [9.17, 15) is 19.2 Å². The van der Waals surface area contributed by atoms with Crippen molar-refractivity contribution in [1.82, 2.24) is 9.80 Å². The van der Waals surface area contributed by atoms with Crippen LogP contribution in [0.3, 0.4) is 0 Å². The van der Waals surface area contributed by atoms with E-state index < -0.39 is 12.1 Å². The molecule has 2 atom stereocenters.